The fraction of sp³-hybridized carbons (Fsp3) is 0.318. The van der Waals surface area contributed by atoms with Crippen molar-refractivity contribution in [1.29, 1.82) is 0 Å². The third-order valence-electron chi connectivity index (χ3n) is 5.33. The minimum Gasteiger partial charge on any atom is -0.454 e. The Morgan fingerprint density at radius 1 is 1.07 bits per heavy atom. The van der Waals surface area contributed by atoms with Gasteiger partial charge < -0.3 is 14.8 Å². The number of nitrogens with zero attached hydrogens (tertiary/aromatic N) is 1. The molecule has 2 heterocycles. The normalized spacial score (nSPS) is 20.1. The minimum atomic E-state index is -1.13. The van der Waals surface area contributed by atoms with E-state index in [4.69, 9.17) is 9.47 Å². The molecular formula is C22H22N2O5. The number of Topliss-reactive ketones (excluding diaryl/α,β-unsaturated/α-hetero) is 1. The molecule has 150 valence electrons. The number of hydrogen-bond acceptors (Lipinski definition) is 5. The second-order valence-corrected chi connectivity index (χ2v) is 7.49. The Bertz CT molecular complexity index is 985. The molecule has 0 radical (unpaired) electrons. The SMILES string of the molecule is CCc1ccc(C(=O)CN2C(=O)N[C@](C)(Cc3ccc4c(c3)OCO4)C2=O)cc1. The van der Waals surface area contributed by atoms with Crippen LogP contribution in [0.25, 0.3) is 0 Å². The Morgan fingerprint density at radius 2 is 1.76 bits per heavy atom. The maximum Gasteiger partial charge on any atom is 0.325 e. The summed E-state index contributed by atoms with van der Waals surface area (Å²) in [6.45, 7) is 3.58. The molecule has 0 bridgehead atoms. The summed E-state index contributed by atoms with van der Waals surface area (Å²) in [4.78, 5) is 39.0. The van der Waals surface area contributed by atoms with Crippen LogP contribution in [-0.2, 0) is 17.6 Å². The van der Waals surface area contributed by atoms with Crippen molar-refractivity contribution in [3.8, 4) is 11.5 Å². The number of fused-ring (bicyclic) bond motifs is 1. The van der Waals surface area contributed by atoms with Gasteiger partial charge in [-0.25, -0.2) is 4.79 Å². The van der Waals surface area contributed by atoms with Crippen LogP contribution in [0, 0.1) is 0 Å². The fourth-order valence-corrected chi connectivity index (χ4v) is 3.63. The van der Waals surface area contributed by atoms with Crippen molar-refractivity contribution in [1.82, 2.24) is 10.2 Å². The van der Waals surface area contributed by atoms with E-state index in [0.29, 0.717) is 17.1 Å². The van der Waals surface area contributed by atoms with Gasteiger partial charge in [-0.05, 0) is 36.6 Å². The smallest absolute Gasteiger partial charge is 0.325 e. The largest absolute Gasteiger partial charge is 0.454 e. The van der Waals surface area contributed by atoms with E-state index in [1.165, 1.54) is 0 Å². The van der Waals surface area contributed by atoms with E-state index in [-0.39, 0.29) is 25.5 Å². The Morgan fingerprint density at radius 3 is 2.48 bits per heavy atom. The van der Waals surface area contributed by atoms with Crippen LogP contribution in [0.2, 0.25) is 0 Å². The second kappa shape index (κ2) is 7.24. The molecule has 2 aliphatic rings. The highest BCUT2D eigenvalue weighted by Gasteiger charge is 2.48. The highest BCUT2D eigenvalue weighted by Crippen LogP contribution is 2.34. The Hall–Kier alpha value is -3.35. The number of carbonyl (C=O) groups is 3. The van der Waals surface area contributed by atoms with E-state index in [0.717, 1.165) is 22.4 Å². The van der Waals surface area contributed by atoms with Crippen molar-refractivity contribution in [2.45, 2.75) is 32.2 Å². The molecule has 1 N–H and O–H groups in total. The van der Waals surface area contributed by atoms with Gasteiger partial charge in [-0.2, -0.15) is 0 Å². The first-order valence-electron chi connectivity index (χ1n) is 9.54. The van der Waals surface area contributed by atoms with Gasteiger partial charge in [0.25, 0.3) is 5.91 Å². The van der Waals surface area contributed by atoms with E-state index in [2.05, 4.69) is 5.32 Å². The Balaban J connectivity index is 1.48. The van der Waals surface area contributed by atoms with E-state index >= 15 is 0 Å². The second-order valence-electron chi connectivity index (χ2n) is 7.49. The minimum absolute atomic E-state index is 0.168. The van der Waals surface area contributed by atoms with Gasteiger partial charge in [0.1, 0.15) is 5.54 Å². The maximum atomic E-state index is 13.0. The first-order valence-corrected chi connectivity index (χ1v) is 9.54. The summed E-state index contributed by atoms with van der Waals surface area (Å²) in [6, 6.07) is 12.1. The fourth-order valence-electron chi connectivity index (χ4n) is 3.63. The average Bonchev–Trinajstić information content (AvgIpc) is 3.26. The molecule has 7 heteroatoms. The predicted octanol–water partition coefficient (Wildman–Crippen LogP) is 2.71. The number of ketones is 1. The number of urea groups is 1. The number of hydrogen-bond donors (Lipinski definition) is 1. The lowest BCUT2D eigenvalue weighted by Crippen LogP contribution is -2.46. The van der Waals surface area contributed by atoms with Crippen LogP contribution >= 0.6 is 0 Å². The zero-order chi connectivity index (χ0) is 20.6. The molecular weight excluding hydrogens is 372 g/mol. The van der Waals surface area contributed by atoms with Gasteiger partial charge in [0.15, 0.2) is 17.3 Å². The van der Waals surface area contributed by atoms with Crippen molar-refractivity contribution < 1.29 is 23.9 Å². The highest BCUT2D eigenvalue weighted by atomic mass is 16.7. The molecule has 0 spiro atoms. The number of aryl methyl sites for hydroxylation is 1. The zero-order valence-corrected chi connectivity index (χ0v) is 16.4. The van der Waals surface area contributed by atoms with Crippen molar-refractivity contribution in [3.05, 3.63) is 59.2 Å². The average molecular weight is 394 g/mol. The van der Waals surface area contributed by atoms with E-state index in [1.54, 1.807) is 31.2 Å². The molecule has 2 aromatic carbocycles. The molecule has 29 heavy (non-hydrogen) atoms. The van der Waals surface area contributed by atoms with Crippen LogP contribution in [0.1, 0.15) is 35.3 Å². The summed E-state index contributed by atoms with van der Waals surface area (Å²) in [5.41, 5.74) is 1.30. The topological polar surface area (TPSA) is 84.9 Å². The first-order chi connectivity index (χ1) is 13.9. The van der Waals surface area contributed by atoms with Crippen LogP contribution in [0.15, 0.2) is 42.5 Å². The molecule has 0 saturated carbocycles. The molecule has 0 unspecified atom stereocenters. The van der Waals surface area contributed by atoms with Crippen molar-refractivity contribution in [2.24, 2.45) is 0 Å². The number of amides is 3. The number of ether oxygens (including phenoxy) is 2. The van der Waals surface area contributed by atoms with Crippen molar-refractivity contribution >= 4 is 17.7 Å². The maximum absolute atomic E-state index is 13.0. The summed E-state index contributed by atoms with van der Waals surface area (Å²) in [5, 5.41) is 2.73. The lowest BCUT2D eigenvalue weighted by Gasteiger charge is -2.21. The standard InChI is InChI=1S/C22H22N2O5/c1-3-14-4-7-16(8-5-14)17(25)12-24-20(26)22(2,23-21(24)27)11-15-6-9-18-19(10-15)29-13-28-18/h4-10H,3,11-13H2,1-2H3,(H,23,27)/t22-/m1/s1. The van der Waals surface area contributed by atoms with Crippen LogP contribution in [0.4, 0.5) is 4.79 Å². The van der Waals surface area contributed by atoms with Gasteiger partial charge in [-0.15, -0.1) is 0 Å². The summed E-state index contributed by atoms with van der Waals surface area (Å²) in [7, 11) is 0. The van der Waals surface area contributed by atoms with E-state index in [1.807, 2.05) is 25.1 Å². The summed E-state index contributed by atoms with van der Waals surface area (Å²) >= 11 is 0. The highest BCUT2D eigenvalue weighted by molar-refractivity contribution is 6.11. The van der Waals surface area contributed by atoms with Gasteiger partial charge in [-0.1, -0.05) is 37.3 Å². The molecule has 1 atom stereocenters. The molecule has 3 amide bonds. The summed E-state index contributed by atoms with van der Waals surface area (Å²) in [6.07, 6.45) is 1.16. The van der Waals surface area contributed by atoms with Crippen LogP contribution < -0.4 is 14.8 Å². The van der Waals surface area contributed by atoms with Crippen molar-refractivity contribution in [2.75, 3.05) is 13.3 Å². The molecule has 0 aliphatic carbocycles. The third kappa shape index (κ3) is 3.55. The molecule has 0 aromatic heterocycles. The molecule has 4 rings (SSSR count). The number of benzene rings is 2. The van der Waals surface area contributed by atoms with Gasteiger partial charge in [-0.3, -0.25) is 14.5 Å². The first kappa shape index (κ1) is 19.0. The number of imide groups is 1. The predicted molar refractivity (Wildman–Crippen MR) is 105 cm³/mol. The quantitative estimate of drug-likeness (QED) is 0.602. The van der Waals surface area contributed by atoms with Gasteiger partial charge in [0.05, 0.1) is 6.54 Å². The zero-order valence-electron chi connectivity index (χ0n) is 16.4. The lowest BCUT2D eigenvalue weighted by atomic mass is 9.92. The van der Waals surface area contributed by atoms with Crippen molar-refractivity contribution in [3.63, 3.8) is 0 Å². The summed E-state index contributed by atoms with van der Waals surface area (Å²) in [5.74, 6) is 0.578. The lowest BCUT2D eigenvalue weighted by molar-refractivity contribution is -0.130. The van der Waals surface area contributed by atoms with Gasteiger partial charge in [0, 0.05) is 12.0 Å². The molecule has 2 aliphatic heterocycles. The van der Waals surface area contributed by atoms with E-state index in [9.17, 15) is 14.4 Å². The molecule has 2 aromatic rings. The number of rotatable bonds is 6. The van der Waals surface area contributed by atoms with Crippen LogP contribution in [0.3, 0.4) is 0 Å². The van der Waals surface area contributed by atoms with Crippen LogP contribution in [-0.4, -0.2) is 41.5 Å². The molecule has 1 fully saturated rings. The summed E-state index contributed by atoms with van der Waals surface area (Å²) < 4.78 is 10.7. The Kier molecular flexibility index (Phi) is 4.74. The van der Waals surface area contributed by atoms with Crippen LogP contribution in [0.5, 0.6) is 11.5 Å². The van der Waals surface area contributed by atoms with Gasteiger partial charge >= 0.3 is 6.03 Å². The van der Waals surface area contributed by atoms with E-state index < -0.39 is 17.5 Å². The number of carbonyl (C=O) groups excluding carboxylic acids is 3. The molecule has 1 saturated heterocycles. The third-order valence-corrected chi connectivity index (χ3v) is 5.33. The molecule has 7 nitrogen and oxygen atoms in total. The monoisotopic (exact) mass is 394 g/mol. The Labute approximate surface area is 168 Å². The van der Waals surface area contributed by atoms with Gasteiger partial charge in [0.2, 0.25) is 6.79 Å². The number of nitrogens with one attached hydrogen (secondary N) is 1.